The molecular formula is C17H21NO2. The van der Waals surface area contributed by atoms with Crippen molar-refractivity contribution in [2.75, 3.05) is 0 Å². The maximum Gasteiger partial charge on any atom is 0.132 e. The van der Waals surface area contributed by atoms with Crippen molar-refractivity contribution in [3.8, 4) is 22.8 Å². The molecule has 20 heavy (non-hydrogen) atoms. The van der Waals surface area contributed by atoms with Crippen LogP contribution in [0, 0.1) is 0 Å². The predicted molar refractivity (Wildman–Crippen MR) is 81.2 cm³/mol. The van der Waals surface area contributed by atoms with Crippen molar-refractivity contribution in [3.63, 3.8) is 0 Å². The van der Waals surface area contributed by atoms with Crippen LogP contribution in [0.3, 0.4) is 0 Å². The van der Waals surface area contributed by atoms with E-state index in [1.807, 2.05) is 64.1 Å². The molecule has 106 valence electrons. The molecule has 1 heterocycles. The zero-order chi connectivity index (χ0) is 14.5. The smallest absolute Gasteiger partial charge is 0.132 e. The van der Waals surface area contributed by atoms with E-state index in [-0.39, 0.29) is 12.2 Å². The zero-order valence-electron chi connectivity index (χ0n) is 12.5. The van der Waals surface area contributed by atoms with Gasteiger partial charge in [0, 0.05) is 17.8 Å². The normalized spacial score (nSPS) is 10.9. The summed E-state index contributed by atoms with van der Waals surface area (Å²) < 4.78 is 11.6. The summed E-state index contributed by atoms with van der Waals surface area (Å²) in [5.41, 5.74) is 1.88. The Bertz CT molecular complexity index is 550. The highest BCUT2D eigenvalue weighted by molar-refractivity contribution is 5.68. The fourth-order valence-electron chi connectivity index (χ4n) is 1.93. The van der Waals surface area contributed by atoms with Crippen LogP contribution < -0.4 is 9.47 Å². The summed E-state index contributed by atoms with van der Waals surface area (Å²) in [4.78, 5) is 4.39. The van der Waals surface area contributed by atoms with Crippen LogP contribution in [0.1, 0.15) is 27.7 Å². The van der Waals surface area contributed by atoms with Gasteiger partial charge in [0.1, 0.15) is 11.5 Å². The van der Waals surface area contributed by atoms with E-state index in [1.165, 1.54) is 0 Å². The minimum atomic E-state index is 0.103. The molecule has 3 heteroatoms. The van der Waals surface area contributed by atoms with Crippen LogP contribution in [0.4, 0.5) is 0 Å². The zero-order valence-corrected chi connectivity index (χ0v) is 12.5. The molecule has 2 aromatic rings. The number of aromatic nitrogens is 1. The lowest BCUT2D eigenvalue weighted by atomic mass is 10.1. The maximum absolute atomic E-state index is 5.90. The number of benzene rings is 1. The second-order valence-corrected chi connectivity index (χ2v) is 5.21. The maximum atomic E-state index is 5.90. The molecule has 0 aliphatic carbocycles. The van der Waals surface area contributed by atoms with Crippen molar-refractivity contribution in [3.05, 3.63) is 42.6 Å². The molecule has 0 spiro atoms. The van der Waals surface area contributed by atoms with E-state index >= 15 is 0 Å². The van der Waals surface area contributed by atoms with E-state index < -0.39 is 0 Å². The molecule has 2 rings (SSSR count). The van der Waals surface area contributed by atoms with Crippen LogP contribution in [0.2, 0.25) is 0 Å². The van der Waals surface area contributed by atoms with Crippen LogP contribution in [0.5, 0.6) is 11.5 Å². The average Bonchev–Trinajstić information content (AvgIpc) is 2.38. The molecule has 0 saturated carbocycles. The highest BCUT2D eigenvalue weighted by Gasteiger charge is 2.11. The Morgan fingerprint density at radius 3 is 2.25 bits per heavy atom. The van der Waals surface area contributed by atoms with E-state index in [1.54, 1.807) is 6.20 Å². The third-order valence-electron chi connectivity index (χ3n) is 2.63. The summed E-state index contributed by atoms with van der Waals surface area (Å²) >= 11 is 0. The molecular weight excluding hydrogens is 250 g/mol. The van der Waals surface area contributed by atoms with E-state index in [0.29, 0.717) is 0 Å². The fourth-order valence-corrected chi connectivity index (χ4v) is 1.93. The van der Waals surface area contributed by atoms with Gasteiger partial charge in [-0.15, -0.1) is 0 Å². The highest BCUT2D eigenvalue weighted by Crippen LogP contribution is 2.33. The first-order valence-corrected chi connectivity index (χ1v) is 6.95. The number of pyridine rings is 1. The van der Waals surface area contributed by atoms with Crippen LogP contribution in [-0.2, 0) is 0 Å². The van der Waals surface area contributed by atoms with E-state index in [2.05, 4.69) is 4.98 Å². The standard InChI is InChI=1S/C17H21NO2/c1-12(2)19-14-8-9-15(16-7-5-6-10-18-16)17(11-14)20-13(3)4/h5-13H,1-4H3. The summed E-state index contributed by atoms with van der Waals surface area (Å²) in [5, 5.41) is 0. The quantitative estimate of drug-likeness (QED) is 0.811. The van der Waals surface area contributed by atoms with Crippen molar-refractivity contribution in [2.24, 2.45) is 0 Å². The van der Waals surface area contributed by atoms with Gasteiger partial charge < -0.3 is 9.47 Å². The SMILES string of the molecule is CC(C)Oc1ccc(-c2ccccn2)c(OC(C)C)c1. The van der Waals surface area contributed by atoms with Crippen LogP contribution in [-0.4, -0.2) is 17.2 Å². The van der Waals surface area contributed by atoms with E-state index in [9.17, 15) is 0 Å². The van der Waals surface area contributed by atoms with Crippen molar-refractivity contribution in [1.29, 1.82) is 0 Å². The molecule has 0 atom stereocenters. The summed E-state index contributed by atoms with van der Waals surface area (Å²) in [6, 6.07) is 11.7. The topological polar surface area (TPSA) is 31.4 Å². The highest BCUT2D eigenvalue weighted by atomic mass is 16.5. The number of hydrogen-bond donors (Lipinski definition) is 0. The summed E-state index contributed by atoms with van der Waals surface area (Å²) in [6.45, 7) is 8.04. The first-order valence-electron chi connectivity index (χ1n) is 6.95. The average molecular weight is 271 g/mol. The molecule has 0 N–H and O–H groups in total. The first kappa shape index (κ1) is 14.4. The Kier molecular flexibility index (Phi) is 4.61. The Hall–Kier alpha value is -2.03. The van der Waals surface area contributed by atoms with Crippen molar-refractivity contribution in [2.45, 2.75) is 39.9 Å². The second kappa shape index (κ2) is 6.42. The molecule has 0 aliphatic heterocycles. The van der Waals surface area contributed by atoms with Gasteiger partial charge in [-0.1, -0.05) is 6.07 Å². The third kappa shape index (κ3) is 3.73. The molecule has 0 amide bonds. The van der Waals surface area contributed by atoms with Gasteiger partial charge in [-0.25, -0.2) is 0 Å². The first-order chi connectivity index (χ1) is 9.56. The summed E-state index contributed by atoms with van der Waals surface area (Å²) in [5.74, 6) is 1.62. The predicted octanol–water partition coefficient (Wildman–Crippen LogP) is 4.32. The largest absolute Gasteiger partial charge is 0.491 e. The van der Waals surface area contributed by atoms with Gasteiger partial charge in [-0.3, -0.25) is 4.98 Å². The third-order valence-corrected chi connectivity index (χ3v) is 2.63. The molecule has 0 aliphatic rings. The number of hydrogen-bond acceptors (Lipinski definition) is 3. The molecule has 0 radical (unpaired) electrons. The van der Waals surface area contributed by atoms with E-state index in [0.717, 1.165) is 22.8 Å². The van der Waals surface area contributed by atoms with Gasteiger partial charge in [-0.2, -0.15) is 0 Å². The van der Waals surface area contributed by atoms with Gasteiger partial charge >= 0.3 is 0 Å². The lowest BCUT2D eigenvalue weighted by molar-refractivity contribution is 0.230. The summed E-state index contributed by atoms with van der Waals surface area (Å²) in [7, 11) is 0. The monoisotopic (exact) mass is 271 g/mol. The van der Waals surface area contributed by atoms with Crippen molar-refractivity contribution >= 4 is 0 Å². The van der Waals surface area contributed by atoms with Gasteiger partial charge in [0.05, 0.1) is 17.9 Å². The Balaban J connectivity index is 2.40. The molecule has 0 fully saturated rings. The molecule has 0 bridgehead atoms. The molecule has 1 aromatic heterocycles. The van der Waals surface area contributed by atoms with Crippen LogP contribution >= 0.6 is 0 Å². The van der Waals surface area contributed by atoms with Gasteiger partial charge in [-0.05, 0) is 52.0 Å². The minimum Gasteiger partial charge on any atom is -0.491 e. The molecule has 3 nitrogen and oxygen atoms in total. The Morgan fingerprint density at radius 1 is 0.900 bits per heavy atom. The van der Waals surface area contributed by atoms with Crippen LogP contribution in [0.15, 0.2) is 42.6 Å². The fraction of sp³-hybridized carbons (Fsp3) is 0.353. The van der Waals surface area contributed by atoms with Gasteiger partial charge in [0.25, 0.3) is 0 Å². The lowest BCUT2D eigenvalue weighted by Crippen LogP contribution is -2.09. The van der Waals surface area contributed by atoms with Crippen molar-refractivity contribution < 1.29 is 9.47 Å². The molecule has 1 aromatic carbocycles. The molecule has 0 unspecified atom stereocenters. The second-order valence-electron chi connectivity index (χ2n) is 5.21. The number of ether oxygens (including phenoxy) is 2. The Morgan fingerprint density at radius 2 is 1.65 bits per heavy atom. The lowest BCUT2D eigenvalue weighted by Gasteiger charge is -2.17. The molecule has 0 saturated heterocycles. The van der Waals surface area contributed by atoms with Gasteiger partial charge in [0.2, 0.25) is 0 Å². The van der Waals surface area contributed by atoms with Crippen molar-refractivity contribution in [1.82, 2.24) is 4.98 Å². The number of nitrogens with zero attached hydrogens (tertiary/aromatic N) is 1. The summed E-state index contributed by atoms with van der Waals surface area (Å²) in [6.07, 6.45) is 2.03. The number of rotatable bonds is 5. The Labute approximate surface area is 120 Å². The van der Waals surface area contributed by atoms with Crippen LogP contribution in [0.25, 0.3) is 11.3 Å². The van der Waals surface area contributed by atoms with Gasteiger partial charge in [0.15, 0.2) is 0 Å². The minimum absolute atomic E-state index is 0.103. The van der Waals surface area contributed by atoms with E-state index in [4.69, 9.17) is 9.47 Å².